The molecule has 118 valence electrons. The molecule has 0 bridgehead atoms. The molecular weight excluding hydrogens is 312 g/mol. The van der Waals surface area contributed by atoms with Crippen molar-refractivity contribution < 1.29 is 34.6 Å². The van der Waals surface area contributed by atoms with Gasteiger partial charge in [0.1, 0.15) is 0 Å². The molecule has 22 heavy (non-hydrogen) atoms. The monoisotopic (exact) mass is 326 g/mol. The average molecular weight is 326 g/mol. The molecule has 0 aliphatic carbocycles. The highest BCUT2D eigenvalue weighted by Crippen LogP contribution is 2.19. The minimum absolute atomic E-state index is 0.846. The molecule has 4 N–H and O–H groups in total. The first kappa shape index (κ1) is 19.3. The number of hydrogen-bond acceptors (Lipinski definition) is 3. The zero-order valence-electron chi connectivity index (χ0n) is 11.2. The topological polar surface area (TPSA) is 138 Å². The summed E-state index contributed by atoms with van der Waals surface area (Å²) in [6, 6.07) is 19.0. The Kier molecular flexibility index (Phi) is 9.65. The molecule has 0 fully saturated rings. The maximum Gasteiger partial charge on any atom is 0.503 e. The molecule has 0 aliphatic rings. The lowest BCUT2D eigenvalue weighted by Crippen LogP contribution is -2.00. The second-order valence-electron chi connectivity index (χ2n) is 3.46. The molecule has 7 nitrogen and oxygen atoms in total. The van der Waals surface area contributed by atoms with Gasteiger partial charge in [-0.1, -0.05) is 36.4 Å². The second-order valence-corrected chi connectivity index (χ2v) is 4.94. The third-order valence-electron chi connectivity index (χ3n) is 1.91. The van der Waals surface area contributed by atoms with Gasteiger partial charge < -0.3 is 25.0 Å². The SMILES string of the molecule is O=C(O)O.O=C(O)O.[O-][S+](c1ccccc1)c1ccccc1. The normalized spacial score (nSPS) is 8.82. The lowest BCUT2D eigenvalue weighted by Gasteiger charge is -2.08. The van der Waals surface area contributed by atoms with Crippen LogP contribution >= 0.6 is 0 Å². The molecule has 0 saturated carbocycles. The Hall–Kier alpha value is -2.71. The van der Waals surface area contributed by atoms with Crippen LogP contribution < -0.4 is 0 Å². The summed E-state index contributed by atoms with van der Waals surface area (Å²) in [6.07, 6.45) is -3.67. The quantitative estimate of drug-likeness (QED) is 0.621. The standard InChI is InChI=1S/C12H10OS.2CH2O3/c13-14(11-7-3-1-4-8-11)12-9-5-2-6-10-12;2*2-1(3)4/h1-10H;2*(H2,2,3,4). The summed E-state index contributed by atoms with van der Waals surface area (Å²) in [5.74, 6) is 0. The summed E-state index contributed by atoms with van der Waals surface area (Å²) < 4.78 is 12.0. The van der Waals surface area contributed by atoms with Gasteiger partial charge in [0, 0.05) is 11.2 Å². The van der Waals surface area contributed by atoms with Gasteiger partial charge >= 0.3 is 12.3 Å². The van der Waals surface area contributed by atoms with Crippen LogP contribution in [0.25, 0.3) is 0 Å². The Labute approximate surface area is 129 Å². The summed E-state index contributed by atoms with van der Waals surface area (Å²) in [4.78, 5) is 18.8. The molecule has 0 heterocycles. The Balaban J connectivity index is 0.000000464. The van der Waals surface area contributed by atoms with Crippen LogP contribution in [0.5, 0.6) is 0 Å². The molecular formula is C14H14O7S. The van der Waals surface area contributed by atoms with Gasteiger partial charge in [0.15, 0.2) is 9.79 Å². The molecule has 0 spiro atoms. The number of benzene rings is 2. The van der Waals surface area contributed by atoms with Crippen molar-refractivity contribution >= 4 is 23.5 Å². The van der Waals surface area contributed by atoms with E-state index in [1.807, 2.05) is 60.7 Å². The molecule has 0 aromatic heterocycles. The van der Waals surface area contributed by atoms with E-state index in [1.165, 1.54) is 0 Å². The van der Waals surface area contributed by atoms with Crippen molar-refractivity contribution in [3.05, 3.63) is 60.7 Å². The van der Waals surface area contributed by atoms with E-state index in [0.717, 1.165) is 9.79 Å². The van der Waals surface area contributed by atoms with Gasteiger partial charge in [-0.05, 0) is 24.3 Å². The minimum Gasteiger partial charge on any atom is -0.606 e. The zero-order chi connectivity index (χ0) is 17.0. The molecule has 0 amide bonds. The summed E-state index contributed by atoms with van der Waals surface area (Å²) in [5.41, 5.74) is 0. The number of carbonyl (C=O) groups is 2. The van der Waals surface area contributed by atoms with Crippen molar-refractivity contribution in [1.82, 2.24) is 0 Å². The lowest BCUT2D eigenvalue weighted by atomic mass is 10.4. The fraction of sp³-hybridized carbons (Fsp3) is 0. The zero-order valence-corrected chi connectivity index (χ0v) is 12.0. The fourth-order valence-electron chi connectivity index (χ4n) is 1.22. The summed E-state index contributed by atoms with van der Waals surface area (Å²) >= 11 is -1.05. The maximum absolute atomic E-state index is 12.0. The molecule has 0 aliphatic heterocycles. The highest BCUT2D eigenvalue weighted by Gasteiger charge is 2.12. The first-order chi connectivity index (χ1) is 10.3. The van der Waals surface area contributed by atoms with E-state index in [2.05, 4.69) is 0 Å². The average Bonchev–Trinajstić information content (AvgIpc) is 2.47. The molecule has 8 heteroatoms. The smallest absolute Gasteiger partial charge is 0.503 e. The van der Waals surface area contributed by atoms with E-state index in [1.54, 1.807) is 0 Å². The van der Waals surface area contributed by atoms with Crippen LogP contribution in [-0.2, 0) is 11.2 Å². The van der Waals surface area contributed by atoms with Crippen molar-refractivity contribution in [2.45, 2.75) is 9.79 Å². The van der Waals surface area contributed by atoms with Gasteiger partial charge in [0.05, 0.1) is 0 Å². The largest absolute Gasteiger partial charge is 0.606 e. The second kappa shape index (κ2) is 11.0. The Morgan fingerprint density at radius 2 is 0.909 bits per heavy atom. The molecule has 0 saturated heterocycles. The Bertz CT molecular complexity index is 500. The van der Waals surface area contributed by atoms with Crippen LogP contribution in [0.1, 0.15) is 0 Å². The van der Waals surface area contributed by atoms with Crippen LogP contribution in [0.4, 0.5) is 9.59 Å². The van der Waals surface area contributed by atoms with Gasteiger partial charge in [-0.25, -0.2) is 9.59 Å². The predicted octanol–water partition coefficient (Wildman–Crippen LogP) is 3.30. The number of rotatable bonds is 2. The van der Waals surface area contributed by atoms with Gasteiger partial charge in [-0.3, -0.25) is 0 Å². The van der Waals surface area contributed by atoms with Crippen LogP contribution in [0.15, 0.2) is 70.5 Å². The van der Waals surface area contributed by atoms with E-state index in [-0.39, 0.29) is 0 Å². The molecule has 2 aromatic rings. The van der Waals surface area contributed by atoms with Gasteiger partial charge in [-0.2, -0.15) is 0 Å². The van der Waals surface area contributed by atoms with E-state index >= 15 is 0 Å². The Morgan fingerprint density at radius 1 is 0.682 bits per heavy atom. The number of hydrogen-bond donors (Lipinski definition) is 4. The van der Waals surface area contributed by atoms with Crippen LogP contribution in [0.2, 0.25) is 0 Å². The first-order valence-electron chi connectivity index (χ1n) is 5.70. The minimum atomic E-state index is -1.83. The van der Waals surface area contributed by atoms with E-state index < -0.39 is 23.5 Å². The number of carboxylic acid groups (broad SMARTS) is 4. The van der Waals surface area contributed by atoms with Crippen molar-refractivity contribution in [2.75, 3.05) is 0 Å². The van der Waals surface area contributed by atoms with E-state index in [9.17, 15) is 4.55 Å². The Morgan fingerprint density at radius 3 is 1.14 bits per heavy atom. The summed E-state index contributed by atoms with van der Waals surface area (Å²) in [7, 11) is 0. The molecule has 0 atom stereocenters. The highest BCUT2D eigenvalue weighted by atomic mass is 32.2. The van der Waals surface area contributed by atoms with Crippen molar-refractivity contribution in [2.24, 2.45) is 0 Å². The van der Waals surface area contributed by atoms with E-state index in [4.69, 9.17) is 30.0 Å². The molecule has 0 radical (unpaired) electrons. The third-order valence-corrected chi connectivity index (χ3v) is 3.32. The predicted molar refractivity (Wildman–Crippen MR) is 78.9 cm³/mol. The third kappa shape index (κ3) is 10.1. The van der Waals surface area contributed by atoms with Gasteiger partial charge in [0.25, 0.3) is 0 Å². The van der Waals surface area contributed by atoms with Gasteiger partial charge in [-0.15, -0.1) is 0 Å². The van der Waals surface area contributed by atoms with Crippen molar-refractivity contribution in [3.8, 4) is 0 Å². The summed E-state index contributed by atoms with van der Waals surface area (Å²) in [6.45, 7) is 0. The van der Waals surface area contributed by atoms with Crippen molar-refractivity contribution in [1.29, 1.82) is 0 Å². The molecule has 2 rings (SSSR count). The first-order valence-corrected chi connectivity index (χ1v) is 6.85. The van der Waals surface area contributed by atoms with Crippen LogP contribution in [-0.4, -0.2) is 37.3 Å². The highest BCUT2D eigenvalue weighted by molar-refractivity contribution is 7.91. The maximum atomic E-state index is 12.0. The lowest BCUT2D eigenvalue weighted by molar-refractivity contribution is 0.135. The summed E-state index contributed by atoms with van der Waals surface area (Å²) in [5, 5.41) is 27.9. The van der Waals surface area contributed by atoms with Crippen LogP contribution in [0.3, 0.4) is 0 Å². The molecule has 2 aromatic carbocycles. The fourth-order valence-corrected chi connectivity index (χ4v) is 2.31. The van der Waals surface area contributed by atoms with Crippen LogP contribution in [0, 0.1) is 0 Å². The van der Waals surface area contributed by atoms with Crippen molar-refractivity contribution in [3.63, 3.8) is 0 Å². The van der Waals surface area contributed by atoms with E-state index in [0.29, 0.717) is 0 Å². The molecule has 0 unspecified atom stereocenters. The van der Waals surface area contributed by atoms with Gasteiger partial charge in [0.2, 0.25) is 0 Å².